The Kier molecular flexibility index (Phi) is 4.96. The van der Waals surface area contributed by atoms with Crippen LogP contribution in [0, 0.1) is 6.92 Å². The van der Waals surface area contributed by atoms with Gasteiger partial charge < -0.3 is 10.1 Å². The molecule has 1 atom stereocenters. The third-order valence-electron chi connectivity index (χ3n) is 4.03. The average molecular weight is 317 g/mol. The second-order valence-electron chi connectivity index (χ2n) is 5.79. The summed E-state index contributed by atoms with van der Waals surface area (Å²) in [6.45, 7) is 3.76. The van der Waals surface area contributed by atoms with Crippen molar-refractivity contribution < 1.29 is 4.74 Å². The van der Waals surface area contributed by atoms with E-state index in [9.17, 15) is 0 Å². The molecule has 2 aromatic rings. The van der Waals surface area contributed by atoms with E-state index < -0.39 is 0 Å². The molecule has 4 heteroatoms. The lowest BCUT2D eigenvalue weighted by atomic mass is 10.0. The summed E-state index contributed by atoms with van der Waals surface area (Å²) in [5.74, 6) is 0. The van der Waals surface area contributed by atoms with Gasteiger partial charge in [-0.05, 0) is 37.8 Å². The summed E-state index contributed by atoms with van der Waals surface area (Å²) in [5.41, 5.74) is 4.47. The molecule has 1 N–H and O–H groups in total. The quantitative estimate of drug-likeness (QED) is 0.831. The first-order chi connectivity index (χ1) is 10.7. The normalized spacial score (nSPS) is 18.2. The van der Waals surface area contributed by atoms with Crippen molar-refractivity contribution >= 4 is 17.3 Å². The number of anilines is 1. The van der Waals surface area contributed by atoms with Crippen LogP contribution in [-0.2, 0) is 4.74 Å². The van der Waals surface area contributed by atoms with Gasteiger partial charge in [-0.25, -0.2) is 4.98 Å². The maximum atomic E-state index is 6.07. The number of pyridine rings is 1. The average Bonchev–Trinajstić information content (AvgIpc) is 2.55. The predicted octanol–water partition coefficient (Wildman–Crippen LogP) is 4.69. The van der Waals surface area contributed by atoms with Gasteiger partial charge in [0.1, 0.15) is 5.15 Å². The van der Waals surface area contributed by atoms with Crippen molar-refractivity contribution in [3.05, 3.63) is 47.2 Å². The van der Waals surface area contributed by atoms with E-state index in [2.05, 4.69) is 41.5 Å². The number of hydrogen-bond donors (Lipinski definition) is 1. The van der Waals surface area contributed by atoms with E-state index in [1.165, 1.54) is 18.4 Å². The summed E-state index contributed by atoms with van der Waals surface area (Å²) in [5, 5.41) is 3.99. The van der Waals surface area contributed by atoms with E-state index in [4.69, 9.17) is 16.3 Å². The Balaban J connectivity index is 1.79. The topological polar surface area (TPSA) is 34.2 Å². The van der Waals surface area contributed by atoms with E-state index >= 15 is 0 Å². The van der Waals surface area contributed by atoms with Crippen LogP contribution in [0.15, 0.2) is 36.5 Å². The Hall–Kier alpha value is -1.58. The maximum Gasteiger partial charge on any atom is 0.131 e. The molecule has 22 heavy (non-hydrogen) atoms. The van der Waals surface area contributed by atoms with Gasteiger partial charge in [0, 0.05) is 30.6 Å². The van der Waals surface area contributed by atoms with Crippen molar-refractivity contribution in [2.75, 3.05) is 18.5 Å². The second-order valence-corrected chi connectivity index (χ2v) is 6.18. The molecule has 1 fully saturated rings. The molecule has 3 rings (SSSR count). The first kappa shape index (κ1) is 15.3. The van der Waals surface area contributed by atoms with E-state index in [1.807, 2.05) is 12.3 Å². The fourth-order valence-corrected chi connectivity index (χ4v) is 2.89. The van der Waals surface area contributed by atoms with Crippen LogP contribution in [-0.4, -0.2) is 24.2 Å². The largest absolute Gasteiger partial charge is 0.382 e. The lowest BCUT2D eigenvalue weighted by molar-refractivity contribution is 0.0248. The Bertz CT molecular complexity index is 621. The van der Waals surface area contributed by atoms with Gasteiger partial charge in [0.15, 0.2) is 0 Å². The van der Waals surface area contributed by atoms with Crippen LogP contribution in [0.4, 0.5) is 5.69 Å². The molecular weight excluding hydrogens is 296 g/mol. The minimum absolute atomic E-state index is 0.284. The minimum atomic E-state index is 0.284. The highest BCUT2D eigenvalue weighted by atomic mass is 35.5. The molecule has 0 spiro atoms. The monoisotopic (exact) mass is 316 g/mol. The van der Waals surface area contributed by atoms with Crippen molar-refractivity contribution in [3.63, 3.8) is 0 Å². The Morgan fingerprint density at radius 2 is 2.09 bits per heavy atom. The molecule has 1 saturated heterocycles. The highest BCUT2D eigenvalue weighted by molar-refractivity contribution is 6.29. The van der Waals surface area contributed by atoms with Crippen LogP contribution in [0.2, 0.25) is 5.15 Å². The Morgan fingerprint density at radius 3 is 2.82 bits per heavy atom. The number of aryl methyl sites for hydroxylation is 1. The van der Waals surface area contributed by atoms with Crippen LogP contribution >= 0.6 is 11.6 Å². The molecule has 0 radical (unpaired) electrons. The number of rotatable bonds is 4. The second kappa shape index (κ2) is 7.12. The van der Waals surface area contributed by atoms with Gasteiger partial charge in [0.25, 0.3) is 0 Å². The van der Waals surface area contributed by atoms with Gasteiger partial charge in [0.05, 0.1) is 6.10 Å². The van der Waals surface area contributed by atoms with Crippen molar-refractivity contribution in [1.82, 2.24) is 4.98 Å². The van der Waals surface area contributed by atoms with Crippen LogP contribution in [0.1, 0.15) is 24.8 Å². The number of aromatic nitrogens is 1. The van der Waals surface area contributed by atoms with Crippen molar-refractivity contribution in [1.29, 1.82) is 0 Å². The third kappa shape index (κ3) is 3.79. The molecule has 1 aromatic carbocycles. The van der Waals surface area contributed by atoms with E-state index in [1.54, 1.807) is 0 Å². The Morgan fingerprint density at radius 1 is 1.27 bits per heavy atom. The van der Waals surface area contributed by atoms with Gasteiger partial charge in [-0.15, -0.1) is 0 Å². The number of halogens is 1. The summed E-state index contributed by atoms with van der Waals surface area (Å²) in [6.07, 6.45) is 5.65. The smallest absolute Gasteiger partial charge is 0.131 e. The zero-order valence-electron chi connectivity index (χ0n) is 12.8. The Labute approximate surface area is 136 Å². The number of ether oxygens (including phenoxy) is 1. The molecule has 3 nitrogen and oxygen atoms in total. The van der Waals surface area contributed by atoms with Gasteiger partial charge in [-0.2, -0.15) is 0 Å². The molecule has 0 amide bonds. The van der Waals surface area contributed by atoms with E-state index in [-0.39, 0.29) is 6.10 Å². The molecule has 2 heterocycles. The van der Waals surface area contributed by atoms with Gasteiger partial charge in [0.2, 0.25) is 0 Å². The number of benzene rings is 1. The zero-order chi connectivity index (χ0) is 15.4. The number of nitrogens with one attached hydrogen (secondary N) is 1. The molecule has 0 bridgehead atoms. The van der Waals surface area contributed by atoms with Crippen molar-refractivity contribution in [2.45, 2.75) is 32.3 Å². The van der Waals surface area contributed by atoms with Crippen LogP contribution in [0.3, 0.4) is 0 Å². The number of nitrogens with zero attached hydrogens (tertiary/aromatic N) is 1. The van der Waals surface area contributed by atoms with Crippen LogP contribution in [0.25, 0.3) is 11.1 Å². The SMILES string of the molecule is Cc1ccc(-c2cnc(Cl)cc2NC[C@@H]2CCCCO2)cc1. The zero-order valence-corrected chi connectivity index (χ0v) is 13.6. The molecule has 1 aromatic heterocycles. The fourth-order valence-electron chi connectivity index (χ4n) is 2.73. The van der Waals surface area contributed by atoms with E-state index in [0.29, 0.717) is 5.15 Å². The molecular formula is C18H21ClN2O. The van der Waals surface area contributed by atoms with Gasteiger partial charge >= 0.3 is 0 Å². The highest BCUT2D eigenvalue weighted by Gasteiger charge is 2.15. The van der Waals surface area contributed by atoms with Crippen LogP contribution in [0.5, 0.6) is 0 Å². The first-order valence-electron chi connectivity index (χ1n) is 7.80. The van der Waals surface area contributed by atoms with Crippen molar-refractivity contribution in [2.24, 2.45) is 0 Å². The summed E-state index contributed by atoms with van der Waals surface area (Å²) < 4.78 is 5.78. The molecule has 1 aliphatic heterocycles. The summed E-state index contributed by atoms with van der Waals surface area (Å²) in [7, 11) is 0. The minimum Gasteiger partial charge on any atom is -0.382 e. The summed E-state index contributed by atoms with van der Waals surface area (Å²) in [4.78, 5) is 4.23. The summed E-state index contributed by atoms with van der Waals surface area (Å²) in [6, 6.07) is 10.3. The maximum absolute atomic E-state index is 6.07. The van der Waals surface area contributed by atoms with Crippen molar-refractivity contribution in [3.8, 4) is 11.1 Å². The predicted molar refractivity (Wildman–Crippen MR) is 91.5 cm³/mol. The molecule has 116 valence electrons. The standard InChI is InChI=1S/C18H21ClN2O/c1-13-5-7-14(8-6-13)16-12-21-18(19)10-17(16)20-11-15-4-2-3-9-22-15/h5-8,10,12,15H,2-4,9,11H2,1H3,(H,20,21)/t15-/m0/s1. The highest BCUT2D eigenvalue weighted by Crippen LogP contribution is 2.29. The van der Waals surface area contributed by atoms with Gasteiger partial charge in [-0.3, -0.25) is 0 Å². The molecule has 0 unspecified atom stereocenters. The van der Waals surface area contributed by atoms with E-state index in [0.717, 1.165) is 36.4 Å². The summed E-state index contributed by atoms with van der Waals surface area (Å²) >= 11 is 6.07. The van der Waals surface area contributed by atoms with Gasteiger partial charge in [-0.1, -0.05) is 41.4 Å². The third-order valence-corrected chi connectivity index (χ3v) is 4.23. The lowest BCUT2D eigenvalue weighted by Gasteiger charge is -2.24. The molecule has 0 aliphatic carbocycles. The van der Waals surface area contributed by atoms with Crippen LogP contribution < -0.4 is 5.32 Å². The molecule has 0 saturated carbocycles. The first-order valence-corrected chi connectivity index (χ1v) is 8.18. The fraction of sp³-hybridized carbons (Fsp3) is 0.389. The molecule has 1 aliphatic rings. The lowest BCUT2D eigenvalue weighted by Crippen LogP contribution is -2.27. The number of hydrogen-bond acceptors (Lipinski definition) is 3.